The summed E-state index contributed by atoms with van der Waals surface area (Å²) >= 11 is 7.07. The fraction of sp³-hybridized carbons (Fsp3) is 0.150. The van der Waals surface area contributed by atoms with Gasteiger partial charge in [0, 0.05) is 22.6 Å². The SMILES string of the molecule is O=C(Cc1csc(NC(=O)Nc2ccc(Cl)cc2)n1)NCc1ccc2c(c1)OCO2. The third-order valence-corrected chi connectivity index (χ3v) is 5.20. The number of thiazole rings is 1. The summed E-state index contributed by atoms with van der Waals surface area (Å²) in [4.78, 5) is 28.5. The van der Waals surface area contributed by atoms with Gasteiger partial charge in [-0.3, -0.25) is 10.1 Å². The molecule has 0 atom stereocenters. The Morgan fingerprint density at radius 2 is 1.87 bits per heavy atom. The van der Waals surface area contributed by atoms with E-state index in [1.165, 1.54) is 11.3 Å². The highest BCUT2D eigenvalue weighted by atomic mass is 35.5. The zero-order valence-electron chi connectivity index (χ0n) is 15.6. The van der Waals surface area contributed by atoms with Crippen LogP contribution in [-0.4, -0.2) is 23.7 Å². The van der Waals surface area contributed by atoms with Gasteiger partial charge in [0.15, 0.2) is 16.6 Å². The minimum Gasteiger partial charge on any atom is -0.454 e. The number of amides is 3. The number of hydrogen-bond acceptors (Lipinski definition) is 6. The van der Waals surface area contributed by atoms with Gasteiger partial charge in [0.05, 0.1) is 12.1 Å². The van der Waals surface area contributed by atoms with Crippen molar-refractivity contribution >= 4 is 45.7 Å². The van der Waals surface area contributed by atoms with E-state index in [1.807, 2.05) is 18.2 Å². The van der Waals surface area contributed by atoms with Crippen molar-refractivity contribution in [3.63, 3.8) is 0 Å². The Kier molecular flexibility index (Phi) is 6.01. The number of ether oxygens (including phenoxy) is 2. The van der Waals surface area contributed by atoms with E-state index in [0.717, 1.165) is 5.56 Å². The highest BCUT2D eigenvalue weighted by Gasteiger charge is 2.14. The number of nitrogens with one attached hydrogen (secondary N) is 3. The van der Waals surface area contributed by atoms with E-state index in [2.05, 4.69) is 20.9 Å². The zero-order valence-corrected chi connectivity index (χ0v) is 17.2. The Balaban J connectivity index is 1.25. The van der Waals surface area contributed by atoms with Gasteiger partial charge in [-0.15, -0.1) is 11.3 Å². The number of fused-ring (bicyclic) bond motifs is 1. The van der Waals surface area contributed by atoms with Crippen LogP contribution < -0.4 is 25.4 Å². The molecule has 0 aliphatic carbocycles. The molecule has 0 saturated heterocycles. The summed E-state index contributed by atoms with van der Waals surface area (Å²) in [6, 6.07) is 11.9. The number of hydrogen-bond donors (Lipinski definition) is 3. The molecule has 3 N–H and O–H groups in total. The first-order valence-corrected chi connectivity index (χ1v) is 10.2. The fourth-order valence-corrected chi connectivity index (χ4v) is 3.55. The third kappa shape index (κ3) is 5.19. The van der Waals surface area contributed by atoms with Crippen LogP contribution in [-0.2, 0) is 17.8 Å². The number of carbonyl (C=O) groups excluding carboxylic acids is 2. The van der Waals surface area contributed by atoms with Gasteiger partial charge >= 0.3 is 6.03 Å². The topological polar surface area (TPSA) is 102 Å². The molecule has 1 aliphatic heterocycles. The standard InChI is InChI=1S/C20H17ClN4O4S/c21-13-2-4-14(5-3-13)23-19(27)25-20-24-15(10-30-20)8-18(26)22-9-12-1-6-16-17(7-12)29-11-28-16/h1-7,10H,8-9,11H2,(H,22,26)(H2,23,24,25,27). The maximum absolute atomic E-state index is 12.2. The molecule has 1 aliphatic rings. The number of benzene rings is 2. The van der Waals surface area contributed by atoms with E-state index in [0.29, 0.717) is 39.6 Å². The van der Waals surface area contributed by atoms with Gasteiger partial charge in [0.2, 0.25) is 12.7 Å². The Hall–Kier alpha value is -3.30. The van der Waals surface area contributed by atoms with Crippen LogP contribution in [0.25, 0.3) is 0 Å². The monoisotopic (exact) mass is 444 g/mol. The van der Waals surface area contributed by atoms with Crippen molar-refractivity contribution in [2.45, 2.75) is 13.0 Å². The minimum absolute atomic E-state index is 0.113. The van der Waals surface area contributed by atoms with Gasteiger partial charge in [-0.25, -0.2) is 9.78 Å². The lowest BCUT2D eigenvalue weighted by molar-refractivity contribution is -0.120. The van der Waals surface area contributed by atoms with Crippen LogP contribution in [0.2, 0.25) is 5.02 Å². The molecule has 30 heavy (non-hydrogen) atoms. The summed E-state index contributed by atoms with van der Waals surface area (Å²) in [7, 11) is 0. The van der Waals surface area contributed by atoms with Crippen LogP contribution in [0.4, 0.5) is 15.6 Å². The number of rotatable bonds is 6. The lowest BCUT2D eigenvalue weighted by Gasteiger charge is -2.06. The lowest BCUT2D eigenvalue weighted by Crippen LogP contribution is -2.24. The maximum Gasteiger partial charge on any atom is 0.325 e. The molecule has 2 heterocycles. The number of anilines is 2. The van der Waals surface area contributed by atoms with Crippen LogP contribution in [0.1, 0.15) is 11.3 Å². The molecule has 4 rings (SSSR count). The van der Waals surface area contributed by atoms with Crippen molar-refractivity contribution in [1.82, 2.24) is 10.3 Å². The Morgan fingerprint density at radius 1 is 1.07 bits per heavy atom. The Bertz CT molecular complexity index is 1070. The number of nitrogens with zero attached hydrogens (tertiary/aromatic N) is 1. The molecule has 0 radical (unpaired) electrons. The molecule has 0 unspecified atom stereocenters. The van der Waals surface area contributed by atoms with Gasteiger partial charge in [-0.1, -0.05) is 17.7 Å². The molecule has 3 aromatic rings. The van der Waals surface area contributed by atoms with Gasteiger partial charge in [-0.05, 0) is 42.0 Å². The predicted octanol–water partition coefficient (Wildman–Crippen LogP) is 4.03. The van der Waals surface area contributed by atoms with Crippen molar-refractivity contribution in [3.8, 4) is 11.5 Å². The molecule has 2 aromatic carbocycles. The molecule has 0 saturated carbocycles. The van der Waals surface area contributed by atoms with Gasteiger partial charge in [0.25, 0.3) is 0 Å². The van der Waals surface area contributed by atoms with Crippen molar-refractivity contribution in [1.29, 1.82) is 0 Å². The van der Waals surface area contributed by atoms with Crippen LogP contribution in [0.5, 0.6) is 11.5 Å². The highest BCUT2D eigenvalue weighted by Crippen LogP contribution is 2.32. The number of aromatic nitrogens is 1. The second-order valence-electron chi connectivity index (χ2n) is 6.37. The molecular formula is C20H17ClN4O4S. The second kappa shape index (κ2) is 9.02. The van der Waals surface area contributed by atoms with Crippen molar-refractivity contribution in [2.75, 3.05) is 17.4 Å². The predicted molar refractivity (Wildman–Crippen MR) is 114 cm³/mol. The molecule has 0 spiro atoms. The largest absolute Gasteiger partial charge is 0.454 e. The molecular weight excluding hydrogens is 428 g/mol. The molecule has 8 nitrogen and oxygen atoms in total. The van der Waals surface area contributed by atoms with Crippen molar-refractivity contribution in [2.24, 2.45) is 0 Å². The van der Waals surface area contributed by atoms with E-state index in [-0.39, 0.29) is 19.1 Å². The first kappa shape index (κ1) is 20.0. The summed E-state index contributed by atoms with van der Waals surface area (Å²) in [6.45, 7) is 0.581. The van der Waals surface area contributed by atoms with E-state index in [9.17, 15) is 9.59 Å². The van der Waals surface area contributed by atoms with Gasteiger partial charge < -0.3 is 20.1 Å². The summed E-state index contributed by atoms with van der Waals surface area (Å²) in [5.74, 6) is 1.21. The quantitative estimate of drug-likeness (QED) is 0.532. The van der Waals surface area contributed by atoms with Crippen LogP contribution >= 0.6 is 22.9 Å². The van der Waals surface area contributed by atoms with Crippen LogP contribution in [0.15, 0.2) is 47.8 Å². The minimum atomic E-state index is -0.425. The van der Waals surface area contributed by atoms with E-state index < -0.39 is 6.03 Å². The first-order valence-electron chi connectivity index (χ1n) is 8.98. The smallest absolute Gasteiger partial charge is 0.325 e. The summed E-state index contributed by atoms with van der Waals surface area (Å²) in [5, 5.41) is 10.9. The summed E-state index contributed by atoms with van der Waals surface area (Å²) in [5.41, 5.74) is 2.09. The van der Waals surface area contributed by atoms with E-state index in [1.54, 1.807) is 29.6 Å². The Morgan fingerprint density at radius 3 is 2.70 bits per heavy atom. The van der Waals surface area contributed by atoms with Crippen LogP contribution in [0.3, 0.4) is 0 Å². The summed E-state index contributed by atoms with van der Waals surface area (Å²) in [6.07, 6.45) is 0.113. The van der Waals surface area contributed by atoms with E-state index >= 15 is 0 Å². The molecule has 0 fully saturated rings. The molecule has 10 heteroatoms. The summed E-state index contributed by atoms with van der Waals surface area (Å²) < 4.78 is 10.6. The maximum atomic E-state index is 12.2. The zero-order chi connectivity index (χ0) is 20.9. The van der Waals surface area contributed by atoms with Crippen LogP contribution in [0, 0.1) is 0 Å². The highest BCUT2D eigenvalue weighted by molar-refractivity contribution is 7.14. The Labute approximate surface area is 181 Å². The second-order valence-corrected chi connectivity index (χ2v) is 7.67. The van der Waals surface area contributed by atoms with Gasteiger partial charge in [0.1, 0.15) is 0 Å². The first-order chi connectivity index (χ1) is 14.5. The van der Waals surface area contributed by atoms with Gasteiger partial charge in [-0.2, -0.15) is 0 Å². The normalized spacial score (nSPS) is 11.8. The average Bonchev–Trinajstić information content (AvgIpc) is 3.37. The number of halogens is 1. The van der Waals surface area contributed by atoms with Crippen molar-refractivity contribution in [3.05, 3.63) is 64.1 Å². The third-order valence-electron chi connectivity index (χ3n) is 4.14. The van der Waals surface area contributed by atoms with E-state index in [4.69, 9.17) is 21.1 Å². The molecule has 0 bridgehead atoms. The molecule has 154 valence electrons. The molecule has 1 aromatic heterocycles. The number of carbonyl (C=O) groups is 2. The lowest BCUT2D eigenvalue weighted by atomic mass is 10.2. The average molecular weight is 445 g/mol. The molecule has 3 amide bonds. The fourth-order valence-electron chi connectivity index (χ4n) is 2.72. The van der Waals surface area contributed by atoms with Crippen molar-refractivity contribution < 1.29 is 19.1 Å². The number of urea groups is 1.